The Kier molecular flexibility index (Phi) is 4.74. The minimum atomic E-state index is -0.480. The largest absolute Gasteiger partial charge is 0.437 e. The quantitative estimate of drug-likeness (QED) is 0.494. The molecule has 0 radical (unpaired) electrons. The molecular formula is C12H11BrClFN4O. The molecule has 0 saturated carbocycles. The molecule has 5 nitrogen and oxygen atoms in total. The molecule has 0 fully saturated rings. The first-order valence-electron chi connectivity index (χ1n) is 5.70. The van der Waals surface area contributed by atoms with E-state index in [-0.39, 0.29) is 21.1 Å². The zero-order valence-corrected chi connectivity index (χ0v) is 12.8. The van der Waals surface area contributed by atoms with Gasteiger partial charge in [0.15, 0.2) is 5.75 Å². The number of hydrogen-bond acceptors (Lipinski definition) is 5. The standard InChI is InChI=1S/C12H11BrClFN4O/c1-2-10-17-11(19-16)5-12(18-10)20-9-4-8(15)6(13)3-7(9)14/h3-5H,2,16H2,1H3,(H,17,18,19). The maximum absolute atomic E-state index is 13.5. The van der Waals surface area contributed by atoms with E-state index in [1.54, 1.807) is 0 Å². The van der Waals surface area contributed by atoms with Crippen LogP contribution in [-0.4, -0.2) is 9.97 Å². The van der Waals surface area contributed by atoms with Crippen molar-refractivity contribution in [2.45, 2.75) is 13.3 Å². The molecule has 20 heavy (non-hydrogen) atoms. The number of aryl methyl sites for hydroxylation is 1. The molecular weight excluding hydrogens is 351 g/mol. The van der Waals surface area contributed by atoms with E-state index >= 15 is 0 Å². The molecule has 0 aliphatic carbocycles. The van der Waals surface area contributed by atoms with E-state index in [4.69, 9.17) is 22.2 Å². The number of hydrazine groups is 1. The number of halogens is 3. The molecule has 0 aliphatic heterocycles. The maximum atomic E-state index is 13.5. The Morgan fingerprint density at radius 1 is 1.40 bits per heavy atom. The third kappa shape index (κ3) is 3.36. The van der Waals surface area contributed by atoms with Gasteiger partial charge in [0.25, 0.3) is 0 Å². The van der Waals surface area contributed by atoms with E-state index in [0.29, 0.717) is 18.1 Å². The van der Waals surface area contributed by atoms with Crippen LogP contribution < -0.4 is 16.0 Å². The van der Waals surface area contributed by atoms with Crippen LogP contribution >= 0.6 is 27.5 Å². The van der Waals surface area contributed by atoms with E-state index in [9.17, 15) is 4.39 Å². The van der Waals surface area contributed by atoms with Crippen molar-refractivity contribution < 1.29 is 9.13 Å². The van der Waals surface area contributed by atoms with E-state index in [1.807, 2.05) is 6.92 Å². The van der Waals surface area contributed by atoms with Gasteiger partial charge in [-0.15, -0.1) is 0 Å². The summed E-state index contributed by atoms with van der Waals surface area (Å²) in [5.74, 6) is 6.18. The molecule has 3 N–H and O–H groups in total. The molecule has 8 heteroatoms. The maximum Gasteiger partial charge on any atom is 0.224 e. The molecule has 1 heterocycles. The minimum absolute atomic E-state index is 0.163. The molecule has 2 aromatic rings. The number of hydrogen-bond donors (Lipinski definition) is 2. The van der Waals surface area contributed by atoms with E-state index in [1.165, 1.54) is 18.2 Å². The molecule has 0 unspecified atom stereocenters. The summed E-state index contributed by atoms with van der Waals surface area (Å²) in [7, 11) is 0. The predicted octanol–water partition coefficient (Wildman–Crippen LogP) is 3.67. The minimum Gasteiger partial charge on any atom is -0.437 e. The molecule has 0 atom stereocenters. The molecule has 106 valence electrons. The zero-order chi connectivity index (χ0) is 14.7. The third-order valence-electron chi connectivity index (χ3n) is 2.40. The smallest absolute Gasteiger partial charge is 0.224 e. The topological polar surface area (TPSA) is 73.1 Å². The number of nitrogens with zero attached hydrogens (tertiary/aromatic N) is 2. The number of ether oxygens (including phenoxy) is 1. The number of nitrogens with one attached hydrogen (secondary N) is 1. The Hall–Kier alpha value is -1.44. The molecule has 0 amide bonds. The molecule has 1 aromatic heterocycles. The van der Waals surface area contributed by atoms with Crippen LogP contribution in [0.15, 0.2) is 22.7 Å². The first-order chi connectivity index (χ1) is 9.53. The summed E-state index contributed by atoms with van der Waals surface area (Å²) < 4.78 is 19.3. The van der Waals surface area contributed by atoms with Crippen molar-refractivity contribution in [1.82, 2.24) is 9.97 Å². The van der Waals surface area contributed by atoms with Gasteiger partial charge >= 0.3 is 0 Å². The Balaban J connectivity index is 2.36. The number of nitrogens with two attached hydrogens (primary N) is 1. The van der Waals surface area contributed by atoms with Crippen LogP contribution in [0.1, 0.15) is 12.7 Å². The average Bonchev–Trinajstić information content (AvgIpc) is 2.44. The number of benzene rings is 1. The lowest BCUT2D eigenvalue weighted by molar-refractivity contribution is 0.454. The SMILES string of the molecule is CCc1nc(NN)cc(Oc2cc(F)c(Br)cc2Cl)n1. The highest BCUT2D eigenvalue weighted by Crippen LogP contribution is 2.33. The van der Waals surface area contributed by atoms with Gasteiger partial charge in [-0.05, 0) is 22.0 Å². The van der Waals surface area contributed by atoms with Crippen molar-refractivity contribution in [1.29, 1.82) is 0 Å². The number of rotatable bonds is 4. The van der Waals surface area contributed by atoms with Gasteiger partial charge in [0.05, 0.1) is 9.50 Å². The van der Waals surface area contributed by atoms with Gasteiger partial charge in [0.2, 0.25) is 5.88 Å². The van der Waals surface area contributed by atoms with Crippen molar-refractivity contribution in [3.05, 3.63) is 39.3 Å². The third-order valence-corrected chi connectivity index (χ3v) is 3.31. The van der Waals surface area contributed by atoms with Gasteiger partial charge in [0, 0.05) is 18.6 Å². The molecule has 0 saturated heterocycles. The summed E-state index contributed by atoms with van der Waals surface area (Å²) in [6.07, 6.45) is 0.605. The summed E-state index contributed by atoms with van der Waals surface area (Å²) in [5, 5.41) is 0.261. The van der Waals surface area contributed by atoms with Crippen LogP contribution in [-0.2, 0) is 6.42 Å². The fourth-order valence-electron chi connectivity index (χ4n) is 1.45. The van der Waals surface area contributed by atoms with Gasteiger partial charge < -0.3 is 10.2 Å². The first-order valence-corrected chi connectivity index (χ1v) is 6.87. The fourth-order valence-corrected chi connectivity index (χ4v) is 2.13. The lowest BCUT2D eigenvalue weighted by atomic mass is 10.3. The molecule has 0 spiro atoms. The molecule has 2 rings (SSSR count). The van der Waals surface area contributed by atoms with Crippen LogP contribution in [0.2, 0.25) is 5.02 Å². The average molecular weight is 362 g/mol. The lowest BCUT2D eigenvalue weighted by Crippen LogP contribution is -2.10. The van der Waals surface area contributed by atoms with Crippen molar-refractivity contribution >= 4 is 33.3 Å². The van der Waals surface area contributed by atoms with Gasteiger partial charge in [-0.25, -0.2) is 15.2 Å². The summed E-state index contributed by atoms with van der Waals surface area (Å²) in [4.78, 5) is 8.29. The van der Waals surface area contributed by atoms with Crippen molar-refractivity contribution in [2.75, 3.05) is 5.43 Å². The number of aromatic nitrogens is 2. The summed E-state index contributed by atoms with van der Waals surface area (Å²) >= 11 is 9.04. The Bertz CT molecular complexity index is 619. The predicted molar refractivity (Wildman–Crippen MR) is 78.4 cm³/mol. The summed E-state index contributed by atoms with van der Waals surface area (Å²) in [6, 6.07) is 4.08. The van der Waals surface area contributed by atoms with Gasteiger partial charge in [0.1, 0.15) is 17.5 Å². The van der Waals surface area contributed by atoms with Crippen LogP contribution in [0.25, 0.3) is 0 Å². The van der Waals surface area contributed by atoms with Crippen molar-refractivity contribution in [3.8, 4) is 11.6 Å². The van der Waals surface area contributed by atoms with Gasteiger partial charge in [-0.3, -0.25) is 0 Å². The highest BCUT2D eigenvalue weighted by atomic mass is 79.9. The van der Waals surface area contributed by atoms with Crippen molar-refractivity contribution in [3.63, 3.8) is 0 Å². The Morgan fingerprint density at radius 3 is 2.80 bits per heavy atom. The van der Waals surface area contributed by atoms with Crippen LogP contribution in [0, 0.1) is 5.82 Å². The second kappa shape index (κ2) is 6.34. The number of anilines is 1. The lowest BCUT2D eigenvalue weighted by Gasteiger charge is -2.10. The van der Waals surface area contributed by atoms with Gasteiger partial charge in [-0.1, -0.05) is 18.5 Å². The van der Waals surface area contributed by atoms with E-state index in [0.717, 1.165) is 0 Å². The van der Waals surface area contributed by atoms with E-state index in [2.05, 4.69) is 31.3 Å². The summed E-state index contributed by atoms with van der Waals surface area (Å²) in [6.45, 7) is 1.89. The van der Waals surface area contributed by atoms with Crippen LogP contribution in [0.3, 0.4) is 0 Å². The first kappa shape index (κ1) is 15.0. The zero-order valence-electron chi connectivity index (χ0n) is 10.5. The fraction of sp³-hybridized carbons (Fsp3) is 0.167. The second-order valence-electron chi connectivity index (χ2n) is 3.80. The summed E-state index contributed by atoms with van der Waals surface area (Å²) in [5.41, 5.74) is 2.42. The normalized spacial score (nSPS) is 10.4. The number of nitrogen functional groups attached to an aromatic ring is 1. The van der Waals surface area contributed by atoms with E-state index < -0.39 is 5.82 Å². The Labute approximate surface area is 128 Å². The monoisotopic (exact) mass is 360 g/mol. The van der Waals surface area contributed by atoms with Crippen LogP contribution in [0.5, 0.6) is 11.6 Å². The molecule has 0 bridgehead atoms. The highest BCUT2D eigenvalue weighted by molar-refractivity contribution is 9.10. The highest BCUT2D eigenvalue weighted by Gasteiger charge is 2.11. The molecule has 1 aromatic carbocycles. The van der Waals surface area contributed by atoms with Gasteiger partial charge in [-0.2, -0.15) is 4.98 Å². The Morgan fingerprint density at radius 2 is 2.15 bits per heavy atom. The molecule has 0 aliphatic rings. The van der Waals surface area contributed by atoms with Crippen LogP contribution in [0.4, 0.5) is 10.2 Å². The van der Waals surface area contributed by atoms with Crippen molar-refractivity contribution in [2.24, 2.45) is 5.84 Å². The second-order valence-corrected chi connectivity index (χ2v) is 5.07.